The second-order valence-corrected chi connectivity index (χ2v) is 7.16. The predicted molar refractivity (Wildman–Crippen MR) is 112 cm³/mol. The molecule has 158 valence electrons. The molecule has 0 aliphatic heterocycles. The van der Waals surface area contributed by atoms with Crippen LogP contribution in [0.2, 0.25) is 10.2 Å². The van der Waals surface area contributed by atoms with E-state index in [0.717, 1.165) is 0 Å². The van der Waals surface area contributed by atoms with Crippen LogP contribution in [-0.4, -0.2) is 27.0 Å². The molecule has 0 saturated heterocycles. The van der Waals surface area contributed by atoms with Crippen LogP contribution in [0, 0.1) is 11.8 Å². The number of benzene rings is 1. The number of imidazole rings is 1. The number of H-pyrrole nitrogens is 1. The first-order valence-electron chi connectivity index (χ1n) is 8.93. The van der Waals surface area contributed by atoms with Gasteiger partial charge in [-0.25, -0.2) is 14.4 Å². The second kappa shape index (κ2) is 8.87. The molecule has 0 fully saturated rings. The Kier molecular flexibility index (Phi) is 6.01. The maximum Gasteiger partial charge on any atom is 0.212 e. The Morgan fingerprint density at radius 2 is 1.87 bits per heavy atom. The minimum Gasteiger partial charge on any atom is -0.496 e. The Hall–Kier alpha value is -3.23. The van der Waals surface area contributed by atoms with Gasteiger partial charge < -0.3 is 14.5 Å². The summed E-state index contributed by atoms with van der Waals surface area (Å²) in [5.41, 5.74) is 1.74. The Morgan fingerprint density at radius 3 is 2.58 bits per heavy atom. The molecule has 0 bridgehead atoms. The van der Waals surface area contributed by atoms with E-state index in [1.807, 2.05) is 0 Å². The number of aromatic nitrogens is 4. The zero-order valence-electron chi connectivity index (χ0n) is 16.0. The van der Waals surface area contributed by atoms with Gasteiger partial charge in [-0.05, 0) is 30.3 Å². The van der Waals surface area contributed by atoms with Gasteiger partial charge in [0.1, 0.15) is 46.3 Å². The van der Waals surface area contributed by atoms with E-state index >= 15 is 0 Å². The summed E-state index contributed by atoms with van der Waals surface area (Å²) in [6, 6.07) is 8.97. The fourth-order valence-corrected chi connectivity index (χ4v) is 3.22. The van der Waals surface area contributed by atoms with Crippen LogP contribution in [0.25, 0.3) is 22.6 Å². The molecular weight excluding hydrogens is 449 g/mol. The molecule has 0 spiro atoms. The zero-order chi connectivity index (χ0) is 22.0. The molecule has 31 heavy (non-hydrogen) atoms. The average molecular weight is 463 g/mol. The fourth-order valence-electron chi connectivity index (χ4n) is 2.84. The van der Waals surface area contributed by atoms with Crippen molar-refractivity contribution in [2.75, 3.05) is 7.11 Å². The summed E-state index contributed by atoms with van der Waals surface area (Å²) in [4.78, 5) is 15.0. The predicted octanol–water partition coefficient (Wildman–Crippen LogP) is 5.71. The molecule has 0 saturated carbocycles. The van der Waals surface area contributed by atoms with Gasteiger partial charge in [-0.15, -0.1) is 0 Å². The van der Waals surface area contributed by atoms with Gasteiger partial charge in [-0.3, -0.25) is 4.98 Å². The standard InChI is InChI=1S/C21H14Cl2F2N4O2/c1-30-17-7-13(31-10-16-15(24)6-12(22)9-26-16)3-4-14(17)19-20(23)29-21(28-19)11-2-5-18(25)27-8-11/h2-9H,10H2,1H3,(H,28,29). The number of nitrogens with zero attached hydrogens (tertiary/aromatic N) is 3. The normalized spacial score (nSPS) is 10.9. The van der Waals surface area contributed by atoms with Crippen molar-refractivity contribution in [3.8, 4) is 34.1 Å². The van der Waals surface area contributed by atoms with Gasteiger partial charge in [0.2, 0.25) is 5.95 Å². The first-order valence-corrected chi connectivity index (χ1v) is 9.68. The van der Waals surface area contributed by atoms with Crippen LogP contribution in [0.15, 0.2) is 48.8 Å². The van der Waals surface area contributed by atoms with Crippen molar-refractivity contribution in [1.29, 1.82) is 0 Å². The van der Waals surface area contributed by atoms with E-state index in [0.29, 0.717) is 34.1 Å². The number of pyridine rings is 2. The Labute approximate surface area is 185 Å². The van der Waals surface area contributed by atoms with Crippen LogP contribution < -0.4 is 9.47 Å². The number of nitrogens with one attached hydrogen (secondary N) is 1. The number of ether oxygens (including phenoxy) is 2. The van der Waals surface area contributed by atoms with Crippen molar-refractivity contribution in [3.63, 3.8) is 0 Å². The van der Waals surface area contributed by atoms with Crippen LogP contribution in [0.1, 0.15) is 5.69 Å². The Bertz CT molecular complexity index is 1230. The summed E-state index contributed by atoms with van der Waals surface area (Å²) in [5, 5.41) is 0.484. The largest absolute Gasteiger partial charge is 0.496 e. The summed E-state index contributed by atoms with van der Waals surface area (Å²) in [7, 11) is 1.49. The highest BCUT2D eigenvalue weighted by atomic mass is 35.5. The van der Waals surface area contributed by atoms with Crippen LogP contribution in [0.3, 0.4) is 0 Å². The summed E-state index contributed by atoms with van der Waals surface area (Å²) in [5.74, 6) is 0.166. The first-order chi connectivity index (χ1) is 14.9. The lowest BCUT2D eigenvalue weighted by molar-refractivity contribution is 0.292. The van der Waals surface area contributed by atoms with Crippen molar-refractivity contribution in [3.05, 3.63) is 76.4 Å². The van der Waals surface area contributed by atoms with E-state index in [1.165, 1.54) is 31.6 Å². The second-order valence-electron chi connectivity index (χ2n) is 6.35. The molecule has 0 atom stereocenters. The number of hydrogen-bond donors (Lipinski definition) is 1. The molecule has 0 unspecified atom stereocenters. The zero-order valence-corrected chi connectivity index (χ0v) is 17.5. The third-order valence-electron chi connectivity index (χ3n) is 4.35. The van der Waals surface area contributed by atoms with Crippen molar-refractivity contribution < 1.29 is 18.3 Å². The number of aromatic amines is 1. The minimum absolute atomic E-state index is 0.0869. The topological polar surface area (TPSA) is 72.9 Å². The number of hydrogen-bond acceptors (Lipinski definition) is 5. The van der Waals surface area contributed by atoms with E-state index in [2.05, 4.69) is 19.9 Å². The van der Waals surface area contributed by atoms with Crippen LogP contribution in [0.5, 0.6) is 11.5 Å². The number of methoxy groups -OCH3 is 1. The van der Waals surface area contributed by atoms with E-state index in [9.17, 15) is 8.78 Å². The molecule has 3 aromatic heterocycles. The van der Waals surface area contributed by atoms with Gasteiger partial charge in [-0.1, -0.05) is 23.2 Å². The third kappa shape index (κ3) is 4.60. The number of halogens is 4. The fraction of sp³-hybridized carbons (Fsp3) is 0.0952. The molecule has 4 aromatic rings. The molecule has 10 heteroatoms. The highest BCUT2D eigenvalue weighted by molar-refractivity contribution is 6.32. The Morgan fingerprint density at radius 1 is 1.03 bits per heavy atom. The van der Waals surface area contributed by atoms with E-state index in [-0.39, 0.29) is 22.5 Å². The quantitative estimate of drug-likeness (QED) is 0.371. The Balaban J connectivity index is 1.59. The van der Waals surface area contributed by atoms with Gasteiger partial charge >= 0.3 is 0 Å². The van der Waals surface area contributed by atoms with E-state index in [1.54, 1.807) is 24.3 Å². The molecular formula is C21H14Cl2F2N4O2. The third-order valence-corrected chi connectivity index (χ3v) is 4.83. The molecule has 1 aromatic carbocycles. The number of rotatable bonds is 6. The van der Waals surface area contributed by atoms with Gasteiger partial charge in [0.25, 0.3) is 0 Å². The van der Waals surface area contributed by atoms with E-state index in [4.69, 9.17) is 32.7 Å². The SMILES string of the molecule is COc1cc(OCc2ncc(Cl)cc2F)ccc1-c1nc(-c2ccc(F)nc2)[nH]c1Cl. The molecule has 4 rings (SSSR count). The van der Waals surface area contributed by atoms with E-state index < -0.39 is 11.8 Å². The summed E-state index contributed by atoms with van der Waals surface area (Å²) in [6.07, 6.45) is 2.70. The summed E-state index contributed by atoms with van der Waals surface area (Å²) in [6.45, 7) is -0.0869. The van der Waals surface area contributed by atoms with Crippen molar-refractivity contribution in [1.82, 2.24) is 19.9 Å². The summed E-state index contributed by atoms with van der Waals surface area (Å²) >= 11 is 12.1. The lowest BCUT2D eigenvalue weighted by Gasteiger charge is -2.11. The maximum atomic E-state index is 13.9. The van der Waals surface area contributed by atoms with Gasteiger partial charge in [0, 0.05) is 29.6 Å². The highest BCUT2D eigenvalue weighted by Crippen LogP contribution is 2.37. The highest BCUT2D eigenvalue weighted by Gasteiger charge is 2.17. The molecule has 0 radical (unpaired) electrons. The summed E-state index contributed by atoms with van der Waals surface area (Å²) < 4.78 is 38.0. The van der Waals surface area contributed by atoms with Crippen LogP contribution >= 0.6 is 23.2 Å². The lowest BCUT2D eigenvalue weighted by atomic mass is 10.1. The van der Waals surface area contributed by atoms with Crippen LogP contribution in [-0.2, 0) is 6.61 Å². The lowest BCUT2D eigenvalue weighted by Crippen LogP contribution is -2.02. The smallest absolute Gasteiger partial charge is 0.212 e. The van der Waals surface area contributed by atoms with Crippen molar-refractivity contribution >= 4 is 23.2 Å². The van der Waals surface area contributed by atoms with Crippen molar-refractivity contribution in [2.45, 2.75) is 6.61 Å². The van der Waals surface area contributed by atoms with Gasteiger partial charge in [0.05, 0.1) is 12.1 Å². The molecule has 0 aliphatic rings. The molecule has 0 amide bonds. The maximum absolute atomic E-state index is 13.9. The van der Waals surface area contributed by atoms with Crippen molar-refractivity contribution in [2.24, 2.45) is 0 Å². The van der Waals surface area contributed by atoms with Gasteiger partial charge in [-0.2, -0.15) is 4.39 Å². The monoisotopic (exact) mass is 462 g/mol. The molecule has 1 N–H and O–H groups in total. The van der Waals surface area contributed by atoms with Gasteiger partial charge in [0.15, 0.2) is 0 Å². The van der Waals surface area contributed by atoms with Crippen LogP contribution in [0.4, 0.5) is 8.78 Å². The average Bonchev–Trinajstić information content (AvgIpc) is 3.14. The minimum atomic E-state index is -0.590. The molecule has 3 heterocycles. The molecule has 0 aliphatic carbocycles. The molecule has 6 nitrogen and oxygen atoms in total. The first kappa shape index (κ1) is 21.0.